The molecule has 0 atom stereocenters. The summed E-state index contributed by atoms with van der Waals surface area (Å²) in [4.78, 5) is 15.6. The topological polar surface area (TPSA) is 30.0 Å². The van der Waals surface area contributed by atoms with Gasteiger partial charge in [-0.1, -0.05) is 34.8 Å². The van der Waals surface area contributed by atoms with Gasteiger partial charge in [0.15, 0.2) is 0 Å². The Labute approximate surface area is 99.8 Å². The minimum atomic E-state index is 0.146. The van der Waals surface area contributed by atoms with E-state index in [2.05, 4.69) is 4.98 Å². The smallest absolute Gasteiger partial charge is 0.265 e. The summed E-state index contributed by atoms with van der Waals surface area (Å²) in [6.07, 6.45) is 1.77. The molecule has 2 heterocycles. The summed E-state index contributed by atoms with van der Waals surface area (Å²) >= 11 is 2.59. The van der Waals surface area contributed by atoms with Crippen LogP contribution in [0.15, 0.2) is 47.4 Å². The quantitative estimate of drug-likeness (QED) is 0.658. The molecule has 2 aromatic heterocycles. The highest BCUT2D eigenvalue weighted by Crippen LogP contribution is 2.26. The van der Waals surface area contributed by atoms with E-state index in [4.69, 9.17) is 0 Å². The predicted octanol–water partition coefficient (Wildman–Crippen LogP) is 3.39. The average Bonchev–Trinajstić information content (AvgIpc) is 2.69. The Morgan fingerprint density at radius 3 is 2.69 bits per heavy atom. The van der Waals surface area contributed by atoms with Crippen molar-refractivity contribution in [2.75, 3.05) is 0 Å². The van der Waals surface area contributed by atoms with Crippen LogP contribution in [0.3, 0.4) is 0 Å². The van der Waals surface area contributed by atoms with E-state index in [1.165, 1.54) is 22.7 Å². The molecule has 2 nitrogen and oxygen atoms in total. The fourth-order valence-corrected chi connectivity index (χ4v) is 3.53. The van der Waals surface area contributed by atoms with Crippen molar-refractivity contribution >= 4 is 32.1 Å². The fraction of sp³-hybridized carbons (Fsp3) is 0. The SMILES string of the molecule is O=c1sc2ccc(-c3ccccn3)cc2s1. The first kappa shape index (κ1) is 9.69. The maximum atomic E-state index is 11.3. The van der Waals surface area contributed by atoms with Crippen LogP contribution in [0.2, 0.25) is 0 Å². The number of hydrogen-bond acceptors (Lipinski definition) is 4. The zero-order chi connectivity index (χ0) is 11.0. The van der Waals surface area contributed by atoms with Gasteiger partial charge in [0.1, 0.15) is 0 Å². The molecule has 0 bridgehead atoms. The van der Waals surface area contributed by atoms with Gasteiger partial charge >= 0.3 is 0 Å². The molecule has 0 N–H and O–H groups in total. The Morgan fingerprint density at radius 2 is 1.88 bits per heavy atom. The highest BCUT2D eigenvalue weighted by atomic mass is 32.2. The molecule has 78 valence electrons. The molecule has 0 fully saturated rings. The lowest BCUT2D eigenvalue weighted by Gasteiger charge is -1.99. The number of hydrogen-bond donors (Lipinski definition) is 0. The third-order valence-corrected chi connectivity index (χ3v) is 4.39. The number of benzene rings is 1. The molecule has 0 aliphatic rings. The van der Waals surface area contributed by atoms with E-state index >= 15 is 0 Å². The molecule has 0 radical (unpaired) electrons. The first-order chi connectivity index (χ1) is 7.83. The standard InChI is InChI=1S/C12H7NOS2/c14-12-15-10-5-4-8(7-11(10)16-12)9-3-1-2-6-13-9/h1-7H. The minimum absolute atomic E-state index is 0.146. The van der Waals surface area contributed by atoms with Crippen molar-refractivity contribution in [3.8, 4) is 11.3 Å². The van der Waals surface area contributed by atoms with Gasteiger partial charge in [-0.3, -0.25) is 9.78 Å². The van der Waals surface area contributed by atoms with Gasteiger partial charge in [-0.15, -0.1) is 0 Å². The van der Waals surface area contributed by atoms with Crippen LogP contribution < -0.4 is 4.06 Å². The second-order valence-corrected chi connectivity index (χ2v) is 5.62. The summed E-state index contributed by atoms with van der Waals surface area (Å²) in [5, 5.41) is 0. The molecule has 3 aromatic rings. The Morgan fingerprint density at radius 1 is 1.00 bits per heavy atom. The molecule has 1 aromatic carbocycles. The zero-order valence-electron chi connectivity index (χ0n) is 8.21. The molecule has 0 unspecified atom stereocenters. The van der Waals surface area contributed by atoms with Crippen molar-refractivity contribution in [1.29, 1.82) is 0 Å². The summed E-state index contributed by atoms with van der Waals surface area (Å²) < 4.78 is 2.24. The molecule has 3 rings (SSSR count). The van der Waals surface area contributed by atoms with E-state index in [1.54, 1.807) is 6.20 Å². The monoisotopic (exact) mass is 245 g/mol. The number of fused-ring (bicyclic) bond motifs is 1. The lowest BCUT2D eigenvalue weighted by atomic mass is 10.1. The van der Waals surface area contributed by atoms with Crippen LogP contribution in [-0.2, 0) is 0 Å². The molecule has 0 spiro atoms. The third kappa shape index (κ3) is 1.66. The second kappa shape index (κ2) is 3.81. The third-order valence-electron chi connectivity index (χ3n) is 2.29. The lowest BCUT2D eigenvalue weighted by molar-refractivity contribution is 1.33. The summed E-state index contributed by atoms with van der Waals surface area (Å²) in [6.45, 7) is 0. The van der Waals surface area contributed by atoms with Crippen LogP contribution in [0.25, 0.3) is 20.7 Å². The number of pyridine rings is 1. The second-order valence-electron chi connectivity index (χ2n) is 3.33. The first-order valence-corrected chi connectivity index (χ1v) is 6.41. The van der Waals surface area contributed by atoms with Crippen molar-refractivity contribution in [2.45, 2.75) is 0 Å². The van der Waals surface area contributed by atoms with Crippen molar-refractivity contribution in [1.82, 2.24) is 4.98 Å². The van der Waals surface area contributed by atoms with Gasteiger partial charge in [0, 0.05) is 21.2 Å². The number of aromatic nitrogens is 1. The summed E-state index contributed by atoms with van der Waals surface area (Å²) in [6, 6.07) is 11.8. The summed E-state index contributed by atoms with van der Waals surface area (Å²) in [7, 11) is 0. The number of nitrogens with zero attached hydrogens (tertiary/aromatic N) is 1. The molecule has 16 heavy (non-hydrogen) atoms. The van der Waals surface area contributed by atoms with Crippen LogP contribution in [0.4, 0.5) is 0 Å². The van der Waals surface area contributed by atoms with E-state index in [-0.39, 0.29) is 4.06 Å². The van der Waals surface area contributed by atoms with Crippen molar-refractivity contribution in [2.24, 2.45) is 0 Å². The molecule has 0 aliphatic heterocycles. The van der Waals surface area contributed by atoms with Gasteiger partial charge in [0.25, 0.3) is 4.06 Å². The summed E-state index contributed by atoms with van der Waals surface area (Å²) in [5.41, 5.74) is 2.00. The highest BCUT2D eigenvalue weighted by molar-refractivity contribution is 7.35. The maximum absolute atomic E-state index is 11.3. The molecule has 4 heteroatoms. The zero-order valence-corrected chi connectivity index (χ0v) is 9.85. The van der Waals surface area contributed by atoms with Gasteiger partial charge in [0.2, 0.25) is 0 Å². The molecule has 0 saturated heterocycles. The van der Waals surface area contributed by atoms with Gasteiger partial charge in [-0.25, -0.2) is 0 Å². The highest BCUT2D eigenvalue weighted by Gasteiger charge is 2.03. The predicted molar refractivity (Wildman–Crippen MR) is 69.2 cm³/mol. The van der Waals surface area contributed by atoms with E-state index in [1.807, 2.05) is 36.4 Å². The van der Waals surface area contributed by atoms with Crippen LogP contribution in [0.5, 0.6) is 0 Å². The van der Waals surface area contributed by atoms with Crippen molar-refractivity contribution < 1.29 is 0 Å². The molecular weight excluding hydrogens is 238 g/mol. The Kier molecular flexibility index (Phi) is 2.31. The Bertz CT molecular complexity index is 685. The van der Waals surface area contributed by atoms with Crippen molar-refractivity contribution in [3.05, 3.63) is 51.4 Å². The normalized spacial score (nSPS) is 10.8. The maximum Gasteiger partial charge on any atom is 0.288 e. The Hall–Kier alpha value is -1.52. The molecule has 0 amide bonds. The largest absolute Gasteiger partial charge is 0.288 e. The number of rotatable bonds is 1. The summed E-state index contributed by atoms with van der Waals surface area (Å²) in [5.74, 6) is 0. The fourth-order valence-electron chi connectivity index (χ4n) is 1.57. The Balaban J connectivity index is 2.22. The first-order valence-electron chi connectivity index (χ1n) is 4.78. The van der Waals surface area contributed by atoms with E-state index in [0.29, 0.717) is 0 Å². The van der Waals surface area contributed by atoms with Gasteiger partial charge < -0.3 is 0 Å². The lowest BCUT2D eigenvalue weighted by Crippen LogP contribution is -1.80. The van der Waals surface area contributed by atoms with Crippen LogP contribution in [-0.4, -0.2) is 4.98 Å². The van der Waals surface area contributed by atoms with Crippen molar-refractivity contribution in [3.63, 3.8) is 0 Å². The molecule has 0 saturated carbocycles. The van der Waals surface area contributed by atoms with Crippen LogP contribution in [0.1, 0.15) is 0 Å². The average molecular weight is 245 g/mol. The van der Waals surface area contributed by atoms with Crippen LogP contribution >= 0.6 is 22.7 Å². The van der Waals surface area contributed by atoms with Gasteiger partial charge in [-0.05, 0) is 24.3 Å². The molecule has 0 aliphatic carbocycles. The van der Waals surface area contributed by atoms with E-state index < -0.39 is 0 Å². The van der Waals surface area contributed by atoms with Gasteiger partial charge in [0.05, 0.1) is 5.69 Å². The van der Waals surface area contributed by atoms with E-state index in [9.17, 15) is 4.79 Å². The van der Waals surface area contributed by atoms with Gasteiger partial charge in [-0.2, -0.15) is 0 Å². The van der Waals surface area contributed by atoms with Crippen LogP contribution in [0, 0.1) is 0 Å². The molecular formula is C12H7NOS2. The minimum Gasteiger partial charge on any atom is -0.265 e. The van der Waals surface area contributed by atoms with E-state index in [0.717, 1.165) is 20.7 Å².